The summed E-state index contributed by atoms with van der Waals surface area (Å²) < 4.78 is 0. The highest BCUT2D eigenvalue weighted by molar-refractivity contribution is 5.45. The third-order valence-electron chi connectivity index (χ3n) is 1.66. The summed E-state index contributed by atoms with van der Waals surface area (Å²) in [6.07, 6.45) is 1.03. The number of rotatable bonds is 2. The first kappa shape index (κ1) is 7.12. The topological polar surface area (TPSA) is 40.7 Å². The fourth-order valence-corrected chi connectivity index (χ4v) is 1.09. The van der Waals surface area contributed by atoms with E-state index in [2.05, 4.69) is 22.4 Å². The van der Waals surface area contributed by atoms with Crippen molar-refractivity contribution >= 4 is 5.82 Å². The zero-order chi connectivity index (χ0) is 7.56. The van der Waals surface area contributed by atoms with Crippen LogP contribution in [0.4, 0.5) is 5.82 Å². The van der Waals surface area contributed by atoms with E-state index < -0.39 is 0 Å². The highest BCUT2D eigenvalue weighted by Gasteiger charge is 2.04. The predicted molar refractivity (Wildman–Crippen MR) is 42.2 cm³/mol. The molecule has 0 aromatic carbocycles. The first-order chi connectivity index (χ1) is 4.79. The van der Waals surface area contributed by atoms with Gasteiger partial charge in [0, 0.05) is 18.3 Å². The van der Waals surface area contributed by atoms with E-state index in [1.807, 2.05) is 14.0 Å². The molecular weight excluding hydrogens is 126 g/mol. The molecule has 56 valence electrons. The highest BCUT2D eigenvalue weighted by Crippen LogP contribution is 2.14. The maximum Gasteiger partial charge on any atom is 0.150 e. The summed E-state index contributed by atoms with van der Waals surface area (Å²) in [5.74, 6) is 0.972. The van der Waals surface area contributed by atoms with E-state index in [1.54, 1.807) is 0 Å². The van der Waals surface area contributed by atoms with Gasteiger partial charge in [0.1, 0.15) is 0 Å². The van der Waals surface area contributed by atoms with E-state index in [0.29, 0.717) is 0 Å². The van der Waals surface area contributed by atoms with E-state index >= 15 is 0 Å². The third kappa shape index (κ3) is 0.988. The molecule has 1 aromatic rings. The van der Waals surface area contributed by atoms with Gasteiger partial charge in [0.25, 0.3) is 0 Å². The maximum atomic E-state index is 4.07. The van der Waals surface area contributed by atoms with Crippen LogP contribution in [0.3, 0.4) is 0 Å². The zero-order valence-corrected chi connectivity index (χ0v) is 6.65. The second kappa shape index (κ2) is 2.73. The van der Waals surface area contributed by atoms with Crippen LogP contribution in [-0.2, 0) is 6.42 Å². The Balaban J connectivity index is 3.01. The zero-order valence-electron chi connectivity index (χ0n) is 6.65. The first-order valence-corrected chi connectivity index (χ1v) is 3.51. The lowest BCUT2D eigenvalue weighted by Crippen LogP contribution is -1.92. The van der Waals surface area contributed by atoms with E-state index in [0.717, 1.165) is 17.9 Å². The molecule has 0 spiro atoms. The fourth-order valence-electron chi connectivity index (χ4n) is 1.09. The molecule has 0 atom stereocenters. The minimum absolute atomic E-state index is 0.972. The van der Waals surface area contributed by atoms with Crippen molar-refractivity contribution in [1.29, 1.82) is 0 Å². The average Bonchev–Trinajstić information content (AvgIpc) is 2.30. The lowest BCUT2D eigenvalue weighted by atomic mass is 10.2. The number of nitrogens with zero attached hydrogens (tertiary/aromatic N) is 1. The molecule has 2 N–H and O–H groups in total. The molecule has 0 unspecified atom stereocenters. The number of aromatic amines is 1. The molecule has 0 bridgehead atoms. The van der Waals surface area contributed by atoms with Gasteiger partial charge in [-0.2, -0.15) is 5.10 Å². The summed E-state index contributed by atoms with van der Waals surface area (Å²) in [6.45, 7) is 4.16. The number of anilines is 1. The van der Waals surface area contributed by atoms with Crippen LogP contribution in [0.5, 0.6) is 0 Å². The Hall–Kier alpha value is -0.990. The molecule has 0 fully saturated rings. The van der Waals surface area contributed by atoms with Gasteiger partial charge < -0.3 is 5.32 Å². The smallest absolute Gasteiger partial charge is 0.150 e. The van der Waals surface area contributed by atoms with Crippen LogP contribution in [0, 0.1) is 6.92 Å². The van der Waals surface area contributed by atoms with Crippen molar-refractivity contribution in [2.24, 2.45) is 0 Å². The summed E-state index contributed by atoms with van der Waals surface area (Å²) in [5, 5.41) is 10.0. The Kier molecular flexibility index (Phi) is 1.94. The normalized spacial score (nSPS) is 9.90. The lowest BCUT2D eigenvalue weighted by molar-refractivity contribution is 1.04. The molecule has 0 amide bonds. The van der Waals surface area contributed by atoms with Gasteiger partial charge in [-0.05, 0) is 13.3 Å². The van der Waals surface area contributed by atoms with Crippen molar-refractivity contribution in [2.75, 3.05) is 12.4 Å². The Bertz CT molecular complexity index is 215. The number of hydrogen-bond donors (Lipinski definition) is 2. The molecule has 3 nitrogen and oxygen atoms in total. The minimum atomic E-state index is 0.972. The number of aromatic nitrogens is 2. The van der Waals surface area contributed by atoms with Crippen LogP contribution in [-0.4, -0.2) is 17.2 Å². The predicted octanol–water partition coefficient (Wildman–Crippen LogP) is 1.32. The van der Waals surface area contributed by atoms with Crippen molar-refractivity contribution < 1.29 is 0 Å². The van der Waals surface area contributed by atoms with Gasteiger partial charge in [-0.3, -0.25) is 5.10 Å². The summed E-state index contributed by atoms with van der Waals surface area (Å²) in [4.78, 5) is 0. The van der Waals surface area contributed by atoms with Gasteiger partial charge in [-0.1, -0.05) is 6.92 Å². The molecular formula is C7H13N3. The standard InChI is InChI=1S/C7H13N3/c1-4-6-5(2)9-10-7(6)8-3/h4H2,1-3H3,(H2,8,9,10). The van der Waals surface area contributed by atoms with Crippen LogP contribution < -0.4 is 5.32 Å². The summed E-state index contributed by atoms with van der Waals surface area (Å²) in [6, 6.07) is 0. The van der Waals surface area contributed by atoms with E-state index in [1.165, 1.54) is 5.56 Å². The van der Waals surface area contributed by atoms with E-state index in [4.69, 9.17) is 0 Å². The molecule has 0 radical (unpaired) electrons. The number of hydrogen-bond acceptors (Lipinski definition) is 2. The molecule has 10 heavy (non-hydrogen) atoms. The molecule has 0 aliphatic heterocycles. The number of H-pyrrole nitrogens is 1. The Labute approximate surface area is 60.8 Å². The largest absolute Gasteiger partial charge is 0.371 e. The molecule has 0 saturated heterocycles. The van der Waals surface area contributed by atoms with E-state index in [9.17, 15) is 0 Å². The lowest BCUT2D eigenvalue weighted by Gasteiger charge is -1.96. The van der Waals surface area contributed by atoms with Crippen molar-refractivity contribution in [3.63, 3.8) is 0 Å². The Morgan fingerprint density at radius 2 is 2.30 bits per heavy atom. The molecule has 1 heterocycles. The quantitative estimate of drug-likeness (QED) is 0.648. The molecule has 0 saturated carbocycles. The average molecular weight is 139 g/mol. The highest BCUT2D eigenvalue weighted by atomic mass is 15.2. The van der Waals surface area contributed by atoms with Gasteiger partial charge in [-0.15, -0.1) is 0 Å². The van der Waals surface area contributed by atoms with Gasteiger partial charge in [-0.25, -0.2) is 0 Å². The summed E-state index contributed by atoms with van der Waals surface area (Å²) in [7, 11) is 1.88. The third-order valence-corrected chi connectivity index (χ3v) is 1.66. The van der Waals surface area contributed by atoms with Crippen molar-refractivity contribution in [1.82, 2.24) is 10.2 Å². The van der Waals surface area contributed by atoms with Crippen LogP contribution in [0.25, 0.3) is 0 Å². The van der Waals surface area contributed by atoms with E-state index in [-0.39, 0.29) is 0 Å². The van der Waals surface area contributed by atoms with Crippen molar-refractivity contribution in [3.8, 4) is 0 Å². The van der Waals surface area contributed by atoms with Crippen molar-refractivity contribution in [2.45, 2.75) is 20.3 Å². The maximum absolute atomic E-state index is 4.07. The first-order valence-electron chi connectivity index (χ1n) is 3.51. The SMILES string of the molecule is CCc1c(NC)n[nH]c1C. The molecule has 0 aliphatic rings. The fraction of sp³-hybridized carbons (Fsp3) is 0.571. The summed E-state index contributed by atoms with van der Waals surface area (Å²) in [5.41, 5.74) is 2.44. The van der Waals surface area contributed by atoms with Gasteiger partial charge >= 0.3 is 0 Å². The number of aryl methyl sites for hydroxylation is 1. The number of nitrogens with one attached hydrogen (secondary N) is 2. The summed E-state index contributed by atoms with van der Waals surface area (Å²) >= 11 is 0. The van der Waals surface area contributed by atoms with Crippen LogP contribution in [0.1, 0.15) is 18.2 Å². The molecule has 0 aliphatic carbocycles. The molecule has 1 rings (SSSR count). The monoisotopic (exact) mass is 139 g/mol. The minimum Gasteiger partial charge on any atom is -0.371 e. The Morgan fingerprint density at radius 3 is 2.70 bits per heavy atom. The molecule has 1 aromatic heterocycles. The van der Waals surface area contributed by atoms with Gasteiger partial charge in [0.15, 0.2) is 5.82 Å². The van der Waals surface area contributed by atoms with Crippen molar-refractivity contribution in [3.05, 3.63) is 11.3 Å². The van der Waals surface area contributed by atoms with Crippen LogP contribution in [0.2, 0.25) is 0 Å². The van der Waals surface area contributed by atoms with Crippen LogP contribution >= 0.6 is 0 Å². The second-order valence-electron chi connectivity index (χ2n) is 2.28. The van der Waals surface area contributed by atoms with Gasteiger partial charge in [0.05, 0.1) is 0 Å². The molecule has 3 heteroatoms. The second-order valence-corrected chi connectivity index (χ2v) is 2.28. The Morgan fingerprint density at radius 1 is 1.60 bits per heavy atom. The van der Waals surface area contributed by atoms with Gasteiger partial charge in [0.2, 0.25) is 0 Å². The van der Waals surface area contributed by atoms with Crippen LogP contribution in [0.15, 0.2) is 0 Å².